The van der Waals surface area contributed by atoms with Crippen LogP contribution in [-0.2, 0) is 17.5 Å². The molecule has 0 amide bonds. The van der Waals surface area contributed by atoms with E-state index < -0.39 is 23.9 Å². The minimum Gasteiger partial charge on any atom is -0.481 e. The normalized spacial score (nSPS) is 21.1. The molecule has 0 radical (unpaired) electrons. The third-order valence-electron chi connectivity index (χ3n) is 7.80. The smallest absolute Gasteiger partial charge is 0.417 e. The molecule has 2 aliphatic rings. The average Bonchev–Trinajstić information content (AvgIpc) is 3.68. The van der Waals surface area contributed by atoms with E-state index in [0.29, 0.717) is 60.3 Å². The Labute approximate surface area is 249 Å². The van der Waals surface area contributed by atoms with Crippen LogP contribution < -0.4 is 10.2 Å². The molecule has 2 aliphatic heterocycles. The van der Waals surface area contributed by atoms with Crippen molar-refractivity contribution in [1.82, 2.24) is 24.8 Å². The molecular formula is C27H34F3N7O3S2. The van der Waals surface area contributed by atoms with Gasteiger partial charge < -0.3 is 20.4 Å². The minimum atomic E-state index is -4.43. The van der Waals surface area contributed by atoms with Gasteiger partial charge in [0, 0.05) is 55.1 Å². The van der Waals surface area contributed by atoms with Crippen LogP contribution in [-0.4, -0.2) is 85.7 Å². The fraction of sp³-hybridized carbons (Fsp3) is 0.556. The number of alkyl halides is 3. The molecule has 5 heterocycles. The first-order chi connectivity index (χ1) is 20.0. The molecule has 0 aromatic carbocycles. The fourth-order valence-electron chi connectivity index (χ4n) is 5.34. The van der Waals surface area contributed by atoms with Gasteiger partial charge in [-0.05, 0) is 39.3 Å². The van der Waals surface area contributed by atoms with Gasteiger partial charge in [0.1, 0.15) is 11.5 Å². The number of aromatic nitrogens is 3. The van der Waals surface area contributed by atoms with Crippen molar-refractivity contribution in [2.75, 3.05) is 42.9 Å². The number of anilines is 2. The zero-order valence-corrected chi connectivity index (χ0v) is 25.0. The molecule has 1 unspecified atom stereocenters. The van der Waals surface area contributed by atoms with Crippen LogP contribution in [0.2, 0.25) is 0 Å². The molecule has 15 heteroatoms. The predicted molar refractivity (Wildman–Crippen MR) is 156 cm³/mol. The topological polar surface area (TPSA) is 118 Å². The number of carboxylic acids is 1. The number of piperazine rings is 1. The first-order valence-electron chi connectivity index (χ1n) is 13.8. The number of hydrogen-bond acceptors (Lipinski definition) is 11. The summed E-state index contributed by atoms with van der Waals surface area (Å²) in [4.78, 5) is 32.2. The summed E-state index contributed by atoms with van der Waals surface area (Å²) in [5.74, 6) is -0.154. The van der Waals surface area contributed by atoms with E-state index in [1.165, 1.54) is 17.5 Å². The molecule has 2 fully saturated rings. The number of halogens is 3. The van der Waals surface area contributed by atoms with E-state index in [-0.39, 0.29) is 18.2 Å². The summed E-state index contributed by atoms with van der Waals surface area (Å²) in [5.41, 5.74) is 0.0816. The number of aliphatic hydroxyl groups excluding tert-OH is 1. The number of carbonyl (C=O) groups is 1. The molecule has 3 atom stereocenters. The molecule has 228 valence electrons. The van der Waals surface area contributed by atoms with Crippen LogP contribution in [0.5, 0.6) is 0 Å². The van der Waals surface area contributed by atoms with Gasteiger partial charge in [-0.2, -0.15) is 13.2 Å². The standard InChI is InChI=1S/C27H34F3N7O3S2/c1-16-4-3-6-36(16)14-21-24(20-10-18(15-41-20)27(28,29)30)33-26(42-21)34-25(40)19-11-32-22(12-31-19)37-9-8-35(17(2)13-37)7-5-23(38)39/h10-12,15-17,25,40H,3-9,13-14H2,1-2H3,(H,33,34)(H,38,39)/t16-,17-,25?/m1/s1. The number of rotatable bonds is 10. The highest BCUT2D eigenvalue weighted by molar-refractivity contribution is 7.17. The van der Waals surface area contributed by atoms with Crippen LogP contribution in [0.25, 0.3) is 10.6 Å². The third kappa shape index (κ3) is 7.19. The van der Waals surface area contributed by atoms with Crippen LogP contribution in [0.4, 0.5) is 24.1 Å². The number of likely N-dealkylation sites (tertiary alicyclic amines) is 1. The number of aliphatic hydroxyl groups is 1. The molecular weight excluding hydrogens is 591 g/mol. The molecule has 42 heavy (non-hydrogen) atoms. The number of thiophene rings is 1. The molecule has 0 bridgehead atoms. The molecule has 3 N–H and O–H groups in total. The van der Waals surface area contributed by atoms with Gasteiger partial charge in [-0.1, -0.05) is 11.3 Å². The number of aliphatic carboxylic acids is 1. The molecule has 0 saturated carbocycles. The van der Waals surface area contributed by atoms with E-state index in [9.17, 15) is 23.1 Å². The highest BCUT2D eigenvalue weighted by Gasteiger charge is 2.33. The Bertz CT molecular complexity index is 1370. The van der Waals surface area contributed by atoms with Gasteiger partial charge in [-0.15, -0.1) is 11.3 Å². The van der Waals surface area contributed by atoms with Crippen LogP contribution in [0.1, 0.15) is 55.5 Å². The van der Waals surface area contributed by atoms with E-state index in [2.05, 4.69) is 41.9 Å². The monoisotopic (exact) mass is 625 g/mol. The maximum Gasteiger partial charge on any atom is 0.417 e. The lowest BCUT2D eigenvalue weighted by molar-refractivity contribution is -0.138. The van der Waals surface area contributed by atoms with Crippen LogP contribution in [0, 0.1) is 0 Å². The number of nitrogens with zero attached hydrogens (tertiary/aromatic N) is 6. The number of carboxylic acid groups (broad SMARTS) is 1. The summed E-state index contributed by atoms with van der Waals surface area (Å²) >= 11 is 2.33. The van der Waals surface area contributed by atoms with Gasteiger partial charge in [0.2, 0.25) is 0 Å². The Kier molecular flexibility index (Phi) is 9.32. The Balaban J connectivity index is 1.27. The van der Waals surface area contributed by atoms with Gasteiger partial charge in [0.25, 0.3) is 0 Å². The summed E-state index contributed by atoms with van der Waals surface area (Å²) in [6, 6.07) is 1.66. The van der Waals surface area contributed by atoms with Crippen molar-refractivity contribution in [2.45, 2.75) is 64.1 Å². The molecule has 3 aromatic heterocycles. The SMILES string of the molecule is C[C@@H]1CN(c2cnc(C(O)Nc3nc(-c4cc(C(F)(F)F)cs4)c(CN4CCC[C@H]4C)s3)cn2)CCN1CCC(=O)O. The lowest BCUT2D eigenvalue weighted by Gasteiger charge is -2.40. The van der Waals surface area contributed by atoms with E-state index in [1.807, 2.05) is 6.92 Å². The molecule has 10 nitrogen and oxygen atoms in total. The lowest BCUT2D eigenvalue weighted by atomic mass is 10.2. The van der Waals surface area contributed by atoms with Crippen molar-refractivity contribution >= 4 is 39.6 Å². The van der Waals surface area contributed by atoms with Gasteiger partial charge in [-0.3, -0.25) is 19.6 Å². The molecule has 2 saturated heterocycles. The van der Waals surface area contributed by atoms with Crippen molar-refractivity contribution < 1.29 is 28.2 Å². The first-order valence-corrected chi connectivity index (χ1v) is 15.5. The average molecular weight is 626 g/mol. The summed E-state index contributed by atoms with van der Waals surface area (Å²) in [6.45, 7) is 8.24. The Morgan fingerprint density at radius 2 is 1.98 bits per heavy atom. The van der Waals surface area contributed by atoms with Crippen LogP contribution >= 0.6 is 22.7 Å². The fourth-order valence-corrected chi connectivity index (χ4v) is 7.35. The number of nitrogens with one attached hydrogen (secondary N) is 1. The highest BCUT2D eigenvalue weighted by atomic mass is 32.1. The van der Waals surface area contributed by atoms with Crippen LogP contribution in [0.3, 0.4) is 0 Å². The number of thiazole rings is 1. The van der Waals surface area contributed by atoms with E-state index >= 15 is 0 Å². The van der Waals surface area contributed by atoms with Gasteiger partial charge >= 0.3 is 12.1 Å². The van der Waals surface area contributed by atoms with Gasteiger partial charge in [0.05, 0.1) is 34.9 Å². The second kappa shape index (κ2) is 12.8. The highest BCUT2D eigenvalue weighted by Crippen LogP contribution is 2.41. The van der Waals surface area contributed by atoms with E-state index in [0.717, 1.165) is 47.0 Å². The Hall–Kier alpha value is -2.85. The summed E-state index contributed by atoms with van der Waals surface area (Å²) < 4.78 is 39.9. The van der Waals surface area contributed by atoms with Crippen molar-refractivity contribution in [3.63, 3.8) is 0 Å². The van der Waals surface area contributed by atoms with E-state index in [4.69, 9.17) is 5.11 Å². The summed E-state index contributed by atoms with van der Waals surface area (Å²) in [7, 11) is 0. The quantitative estimate of drug-likeness (QED) is 0.273. The lowest BCUT2D eigenvalue weighted by Crippen LogP contribution is -2.52. The van der Waals surface area contributed by atoms with Crippen molar-refractivity contribution in [1.29, 1.82) is 0 Å². The van der Waals surface area contributed by atoms with Crippen LogP contribution in [0.15, 0.2) is 23.8 Å². The molecule has 3 aromatic rings. The zero-order chi connectivity index (χ0) is 30.0. The molecule has 5 rings (SSSR count). The van der Waals surface area contributed by atoms with Crippen molar-refractivity contribution in [3.05, 3.63) is 40.0 Å². The second-order valence-corrected chi connectivity index (χ2v) is 12.8. The Morgan fingerprint density at radius 3 is 2.60 bits per heavy atom. The molecule has 0 aliphatic carbocycles. The second-order valence-electron chi connectivity index (χ2n) is 10.8. The maximum atomic E-state index is 13.3. The molecule has 0 spiro atoms. The maximum absolute atomic E-state index is 13.3. The summed E-state index contributed by atoms with van der Waals surface area (Å²) in [6.07, 6.45) is -0.311. The predicted octanol–water partition coefficient (Wildman–Crippen LogP) is 4.75. The Morgan fingerprint density at radius 1 is 1.17 bits per heavy atom. The zero-order valence-electron chi connectivity index (χ0n) is 23.3. The van der Waals surface area contributed by atoms with Crippen molar-refractivity contribution in [2.24, 2.45) is 0 Å². The minimum absolute atomic E-state index is 0.102. The number of hydrogen-bond donors (Lipinski definition) is 3. The largest absolute Gasteiger partial charge is 0.481 e. The summed E-state index contributed by atoms with van der Waals surface area (Å²) in [5, 5.41) is 24.3. The van der Waals surface area contributed by atoms with Gasteiger partial charge in [-0.25, -0.2) is 9.97 Å². The first kappa shape index (κ1) is 30.6. The van der Waals surface area contributed by atoms with E-state index in [1.54, 1.807) is 6.20 Å². The third-order valence-corrected chi connectivity index (χ3v) is 9.70. The van der Waals surface area contributed by atoms with Crippen molar-refractivity contribution in [3.8, 4) is 10.6 Å². The van der Waals surface area contributed by atoms with Gasteiger partial charge in [0.15, 0.2) is 11.4 Å².